The van der Waals surface area contributed by atoms with Gasteiger partial charge in [-0.05, 0) is 43.2 Å². The number of benzene rings is 2. The molecular weight excluding hydrogens is 310 g/mol. The number of rotatable bonds is 2. The summed E-state index contributed by atoms with van der Waals surface area (Å²) < 4.78 is 2.07. The van der Waals surface area contributed by atoms with Gasteiger partial charge in [0.15, 0.2) is 0 Å². The summed E-state index contributed by atoms with van der Waals surface area (Å²) in [5, 5.41) is 0. The summed E-state index contributed by atoms with van der Waals surface area (Å²) >= 11 is 0. The number of anilines is 1. The van der Waals surface area contributed by atoms with Crippen molar-refractivity contribution in [2.75, 3.05) is 11.9 Å². The van der Waals surface area contributed by atoms with Gasteiger partial charge >= 0.3 is 0 Å². The standard InChI is InChI=1S/C21H21N3O/c1-21(2)15-12-16-18(13-17(15)24(4)20(21)25)23(3)19(22-16)11-10-14-8-6-5-7-9-14/h5-13H,1-4H3/b11-10+. The highest BCUT2D eigenvalue weighted by molar-refractivity contribution is 6.09. The summed E-state index contributed by atoms with van der Waals surface area (Å²) in [6, 6.07) is 14.3. The van der Waals surface area contributed by atoms with E-state index < -0.39 is 5.41 Å². The van der Waals surface area contributed by atoms with E-state index in [1.54, 1.807) is 4.90 Å². The quantitative estimate of drug-likeness (QED) is 0.712. The van der Waals surface area contributed by atoms with Gasteiger partial charge in [-0.3, -0.25) is 4.79 Å². The maximum absolute atomic E-state index is 12.5. The molecule has 1 aliphatic heterocycles. The summed E-state index contributed by atoms with van der Waals surface area (Å²) in [4.78, 5) is 19.0. The van der Waals surface area contributed by atoms with Gasteiger partial charge in [-0.2, -0.15) is 0 Å². The van der Waals surface area contributed by atoms with E-state index in [0.717, 1.165) is 33.7 Å². The SMILES string of the molecule is CN1C(=O)C(C)(C)c2cc3nc(/C=C/c4ccccc4)n(C)c3cc21. The van der Waals surface area contributed by atoms with Crippen LogP contribution in [0.1, 0.15) is 30.8 Å². The maximum Gasteiger partial charge on any atom is 0.236 e. The number of aryl methyl sites for hydroxylation is 1. The monoisotopic (exact) mass is 331 g/mol. The Bertz CT molecular complexity index is 1010. The third-order valence-electron chi connectivity index (χ3n) is 5.13. The van der Waals surface area contributed by atoms with Crippen LogP contribution in [0.15, 0.2) is 42.5 Å². The number of carbonyl (C=O) groups is 1. The Morgan fingerprint density at radius 2 is 1.76 bits per heavy atom. The number of hydrogen-bond acceptors (Lipinski definition) is 2. The number of amides is 1. The van der Waals surface area contributed by atoms with Crippen molar-refractivity contribution in [3.05, 3.63) is 59.4 Å². The summed E-state index contributed by atoms with van der Waals surface area (Å²) in [7, 11) is 3.85. The zero-order chi connectivity index (χ0) is 17.8. The van der Waals surface area contributed by atoms with Gasteiger partial charge in [-0.25, -0.2) is 4.98 Å². The molecule has 1 aromatic heterocycles. The lowest BCUT2D eigenvalue weighted by atomic mass is 9.86. The molecule has 0 saturated carbocycles. The molecule has 0 N–H and O–H groups in total. The van der Waals surface area contributed by atoms with Crippen molar-refractivity contribution in [3.63, 3.8) is 0 Å². The van der Waals surface area contributed by atoms with Gasteiger partial charge in [0, 0.05) is 19.8 Å². The molecule has 4 nitrogen and oxygen atoms in total. The van der Waals surface area contributed by atoms with Crippen molar-refractivity contribution >= 4 is 34.8 Å². The first-order valence-electron chi connectivity index (χ1n) is 8.42. The van der Waals surface area contributed by atoms with Gasteiger partial charge in [0.2, 0.25) is 5.91 Å². The smallest absolute Gasteiger partial charge is 0.236 e. The molecule has 2 heterocycles. The van der Waals surface area contributed by atoms with Crippen LogP contribution in [0, 0.1) is 0 Å². The average molecular weight is 331 g/mol. The molecule has 0 aliphatic carbocycles. The van der Waals surface area contributed by atoms with Crippen LogP contribution in [0.25, 0.3) is 23.2 Å². The molecule has 2 aromatic carbocycles. The van der Waals surface area contributed by atoms with Gasteiger partial charge < -0.3 is 9.47 Å². The second kappa shape index (κ2) is 5.31. The van der Waals surface area contributed by atoms with Gasteiger partial charge in [-0.15, -0.1) is 0 Å². The topological polar surface area (TPSA) is 38.1 Å². The molecule has 4 rings (SSSR count). The number of imidazole rings is 1. The van der Waals surface area contributed by atoms with Crippen LogP contribution in [0.2, 0.25) is 0 Å². The number of fused-ring (bicyclic) bond motifs is 2. The van der Waals surface area contributed by atoms with Gasteiger partial charge in [0.05, 0.1) is 16.4 Å². The first-order chi connectivity index (χ1) is 11.9. The Morgan fingerprint density at radius 3 is 2.48 bits per heavy atom. The lowest BCUT2D eigenvalue weighted by Crippen LogP contribution is -2.33. The van der Waals surface area contributed by atoms with Crippen molar-refractivity contribution < 1.29 is 4.79 Å². The second-order valence-corrected chi connectivity index (χ2v) is 7.12. The van der Waals surface area contributed by atoms with Crippen LogP contribution in [-0.4, -0.2) is 22.5 Å². The van der Waals surface area contributed by atoms with Gasteiger partial charge in [-0.1, -0.05) is 36.4 Å². The minimum absolute atomic E-state index is 0.127. The fourth-order valence-electron chi connectivity index (χ4n) is 3.55. The Labute approximate surface area is 147 Å². The van der Waals surface area contributed by atoms with Gasteiger partial charge in [0.1, 0.15) is 5.82 Å². The summed E-state index contributed by atoms with van der Waals surface area (Å²) in [5.74, 6) is 1.02. The van der Waals surface area contributed by atoms with E-state index in [4.69, 9.17) is 4.98 Å². The van der Waals surface area contributed by atoms with Crippen molar-refractivity contribution in [1.29, 1.82) is 0 Å². The lowest BCUT2D eigenvalue weighted by Gasteiger charge is -2.16. The predicted molar refractivity (Wildman–Crippen MR) is 103 cm³/mol. The second-order valence-electron chi connectivity index (χ2n) is 7.12. The zero-order valence-corrected chi connectivity index (χ0v) is 14.9. The predicted octanol–water partition coefficient (Wildman–Crippen LogP) is 4.00. The van der Waals surface area contributed by atoms with Crippen LogP contribution in [0.4, 0.5) is 5.69 Å². The molecular formula is C21H21N3O. The van der Waals surface area contributed by atoms with E-state index in [-0.39, 0.29) is 5.91 Å². The van der Waals surface area contributed by atoms with E-state index in [2.05, 4.69) is 34.9 Å². The molecule has 0 spiro atoms. The minimum Gasteiger partial charge on any atom is -0.328 e. The van der Waals surface area contributed by atoms with Crippen LogP contribution in [-0.2, 0) is 17.3 Å². The Kier molecular flexibility index (Phi) is 3.32. The molecule has 0 fully saturated rings. The zero-order valence-electron chi connectivity index (χ0n) is 14.9. The number of carbonyl (C=O) groups excluding carboxylic acids is 1. The fraction of sp³-hybridized carbons (Fsp3) is 0.238. The summed E-state index contributed by atoms with van der Waals surface area (Å²) in [6.45, 7) is 3.95. The van der Waals surface area contributed by atoms with Crippen molar-refractivity contribution in [2.45, 2.75) is 19.3 Å². The summed E-state index contributed by atoms with van der Waals surface area (Å²) in [5.41, 5.74) is 4.61. The number of hydrogen-bond donors (Lipinski definition) is 0. The molecule has 4 heteroatoms. The van der Waals surface area contributed by atoms with Crippen molar-refractivity contribution in [3.8, 4) is 0 Å². The molecule has 0 bridgehead atoms. The van der Waals surface area contributed by atoms with E-state index in [1.807, 2.05) is 52.2 Å². The Balaban J connectivity index is 1.82. The molecule has 1 aliphatic rings. The molecule has 0 unspecified atom stereocenters. The number of aromatic nitrogens is 2. The van der Waals surface area contributed by atoms with Crippen molar-refractivity contribution in [1.82, 2.24) is 9.55 Å². The first kappa shape index (κ1) is 15.6. The average Bonchev–Trinajstić information content (AvgIpc) is 3.01. The van der Waals surface area contributed by atoms with Crippen LogP contribution in [0.5, 0.6) is 0 Å². The highest BCUT2D eigenvalue weighted by Crippen LogP contribution is 2.42. The van der Waals surface area contributed by atoms with E-state index in [9.17, 15) is 4.79 Å². The lowest BCUT2D eigenvalue weighted by molar-refractivity contribution is -0.121. The molecule has 25 heavy (non-hydrogen) atoms. The highest BCUT2D eigenvalue weighted by atomic mass is 16.2. The molecule has 1 amide bonds. The third-order valence-corrected chi connectivity index (χ3v) is 5.13. The molecule has 126 valence electrons. The maximum atomic E-state index is 12.5. The third kappa shape index (κ3) is 2.29. The fourth-order valence-corrected chi connectivity index (χ4v) is 3.55. The van der Waals surface area contributed by atoms with Crippen LogP contribution >= 0.6 is 0 Å². The van der Waals surface area contributed by atoms with Gasteiger partial charge in [0.25, 0.3) is 0 Å². The van der Waals surface area contributed by atoms with Crippen molar-refractivity contribution in [2.24, 2.45) is 7.05 Å². The minimum atomic E-state index is -0.504. The van der Waals surface area contributed by atoms with E-state index >= 15 is 0 Å². The number of likely N-dealkylation sites (N-methyl/N-ethyl adjacent to an activating group) is 1. The molecule has 0 saturated heterocycles. The van der Waals surface area contributed by atoms with E-state index in [0.29, 0.717) is 0 Å². The summed E-state index contributed by atoms with van der Waals surface area (Å²) in [6.07, 6.45) is 4.09. The Morgan fingerprint density at radius 1 is 1.04 bits per heavy atom. The molecule has 0 atom stereocenters. The van der Waals surface area contributed by atoms with E-state index in [1.165, 1.54) is 0 Å². The molecule has 0 radical (unpaired) electrons. The molecule has 3 aromatic rings. The first-order valence-corrected chi connectivity index (χ1v) is 8.42. The highest BCUT2D eigenvalue weighted by Gasteiger charge is 2.42. The Hall–Kier alpha value is -2.88. The number of nitrogens with zero attached hydrogens (tertiary/aromatic N) is 3. The van der Waals surface area contributed by atoms with Crippen LogP contribution < -0.4 is 4.90 Å². The normalized spacial score (nSPS) is 16.2. The van der Waals surface area contributed by atoms with Crippen LogP contribution in [0.3, 0.4) is 0 Å². The largest absolute Gasteiger partial charge is 0.328 e.